The molecule has 2 rings (SSSR count). The summed E-state index contributed by atoms with van der Waals surface area (Å²) in [4.78, 5) is 0. The summed E-state index contributed by atoms with van der Waals surface area (Å²) in [6, 6.07) is 15.2. The predicted octanol–water partition coefficient (Wildman–Crippen LogP) is 4.76. The van der Waals surface area contributed by atoms with Crippen molar-refractivity contribution in [2.75, 3.05) is 5.32 Å². The van der Waals surface area contributed by atoms with E-state index in [1.807, 2.05) is 37.3 Å². The standard InChI is InChI=1S/C14H13BrFN/c1-10(17-12-5-3-2-4-6-12)11-7-8-14(16)13(15)9-11/h2-10,17H,1H3. The van der Waals surface area contributed by atoms with Gasteiger partial charge in [0.1, 0.15) is 5.82 Å². The summed E-state index contributed by atoms with van der Waals surface area (Å²) in [5.41, 5.74) is 2.10. The molecule has 0 aliphatic rings. The van der Waals surface area contributed by atoms with Gasteiger partial charge < -0.3 is 5.32 Å². The molecule has 88 valence electrons. The Morgan fingerprint density at radius 1 is 1.12 bits per heavy atom. The highest BCUT2D eigenvalue weighted by Gasteiger charge is 2.07. The summed E-state index contributed by atoms with van der Waals surface area (Å²) in [6.07, 6.45) is 0. The van der Waals surface area contributed by atoms with E-state index in [2.05, 4.69) is 21.2 Å². The quantitative estimate of drug-likeness (QED) is 0.860. The molecule has 0 saturated carbocycles. The molecule has 1 nitrogen and oxygen atoms in total. The molecule has 17 heavy (non-hydrogen) atoms. The van der Waals surface area contributed by atoms with Crippen LogP contribution in [0.15, 0.2) is 53.0 Å². The first-order chi connectivity index (χ1) is 8.16. The minimum atomic E-state index is -0.235. The van der Waals surface area contributed by atoms with Crippen LogP contribution in [0, 0.1) is 5.82 Å². The van der Waals surface area contributed by atoms with Crippen LogP contribution in [0.3, 0.4) is 0 Å². The van der Waals surface area contributed by atoms with Crippen LogP contribution >= 0.6 is 15.9 Å². The van der Waals surface area contributed by atoms with E-state index in [4.69, 9.17) is 0 Å². The molecule has 2 aromatic rings. The minimum Gasteiger partial charge on any atom is -0.379 e. The highest BCUT2D eigenvalue weighted by Crippen LogP contribution is 2.23. The predicted molar refractivity (Wildman–Crippen MR) is 72.6 cm³/mol. The van der Waals surface area contributed by atoms with Crippen LogP contribution in [-0.4, -0.2) is 0 Å². The second-order valence-electron chi connectivity index (χ2n) is 3.91. The van der Waals surface area contributed by atoms with Crippen LogP contribution in [0.1, 0.15) is 18.5 Å². The normalized spacial score (nSPS) is 12.2. The zero-order valence-electron chi connectivity index (χ0n) is 9.45. The van der Waals surface area contributed by atoms with Gasteiger partial charge in [-0.1, -0.05) is 24.3 Å². The third kappa shape index (κ3) is 3.07. The molecule has 0 heterocycles. The van der Waals surface area contributed by atoms with Gasteiger partial charge in [-0.05, 0) is 52.7 Å². The first-order valence-corrected chi connectivity index (χ1v) is 6.22. The summed E-state index contributed by atoms with van der Waals surface area (Å²) in [7, 11) is 0. The fourth-order valence-corrected chi connectivity index (χ4v) is 2.05. The highest BCUT2D eigenvalue weighted by molar-refractivity contribution is 9.10. The Bertz CT molecular complexity index is 499. The number of halogens is 2. The smallest absolute Gasteiger partial charge is 0.137 e. The number of anilines is 1. The van der Waals surface area contributed by atoms with Gasteiger partial charge in [-0.25, -0.2) is 4.39 Å². The Hall–Kier alpha value is -1.35. The Morgan fingerprint density at radius 3 is 2.47 bits per heavy atom. The zero-order valence-corrected chi connectivity index (χ0v) is 11.0. The molecule has 1 unspecified atom stereocenters. The Morgan fingerprint density at radius 2 is 1.82 bits per heavy atom. The van der Waals surface area contributed by atoms with Gasteiger partial charge in [0.25, 0.3) is 0 Å². The molecule has 1 atom stereocenters. The van der Waals surface area contributed by atoms with Gasteiger partial charge in [0, 0.05) is 11.7 Å². The molecule has 0 fully saturated rings. The summed E-state index contributed by atoms with van der Waals surface area (Å²) in [5, 5.41) is 3.36. The maximum atomic E-state index is 13.1. The second-order valence-corrected chi connectivity index (χ2v) is 4.76. The number of benzene rings is 2. The molecule has 0 aliphatic carbocycles. The van der Waals surface area contributed by atoms with Crippen molar-refractivity contribution >= 4 is 21.6 Å². The zero-order chi connectivity index (χ0) is 12.3. The van der Waals surface area contributed by atoms with Gasteiger partial charge >= 0.3 is 0 Å². The third-order valence-corrected chi connectivity index (χ3v) is 3.21. The van der Waals surface area contributed by atoms with Crippen LogP contribution in [0.2, 0.25) is 0 Å². The highest BCUT2D eigenvalue weighted by atomic mass is 79.9. The Balaban J connectivity index is 2.14. The molecular weight excluding hydrogens is 281 g/mol. The molecule has 0 spiro atoms. The van der Waals surface area contributed by atoms with Crippen molar-refractivity contribution in [3.8, 4) is 0 Å². The fraction of sp³-hybridized carbons (Fsp3) is 0.143. The van der Waals surface area contributed by atoms with Crippen LogP contribution in [-0.2, 0) is 0 Å². The van der Waals surface area contributed by atoms with E-state index < -0.39 is 0 Å². The molecule has 0 radical (unpaired) electrons. The SMILES string of the molecule is CC(Nc1ccccc1)c1ccc(F)c(Br)c1. The first kappa shape index (κ1) is 12.1. The van der Waals surface area contributed by atoms with E-state index in [9.17, 15) is 4.39 Å². The minimum absolute atomic E-state index is 0.134. The van der Waals surface area contributed by atoms with Crippen molar-refractivity contribution in [3.05, 3.63) is 64.4 Å². The molecule has 0 saturated heterocycles. The van der Waals surface area contributed by atoms with Gasteiger partial charge in [0.2, 0.25) is 0 Å². The fourth-order valence-electron chi connectivity index (χ4n) is 1.65. The van der Waals surface area contributed by atoms with E-state index in [1.165, 1.54) is 6.07 Å². The lowest BCUT2D eigenvalue weighted by atomic mass is 10.1. The molecular formula is C14H13BrFN. The second kappa shape index (κ2) is 5.32. The lowest BCUT2D eigenvalue weighted by Crippen LogP contribution is -2.06. The average Bonchev–Trinajstić information content (AvgIpc) is 2.34. The van der Waals surface area contributed by atoms with E-state index in [1.54, 1.807) is 12.1 Å². The number of para-hydroxylation sites is 1. The van der Waals surface area contributed by atoms with Crippen molar-refractivity contribution in [2.45, 2.75) is 13.0 Å². The van der Waals surface area contributed by atoms with Crippen molar-refractivity contribution in [1.82, 2.24) is 0 Å². The van der Waals surface area contributed by atoms with Crippen molar-refractivity contribution in [3.63, 3.8) is 0 Å². The van der Waals surface area contributed by atoms with Gasteiger partial charge in [0.15, 0.2) is 0 Å². The number of nitrogens with one attached hydrogen (secondary N) is 1. The Labute approximate surface area is 109 Å². The monoisotopic (exact) mass is 293 g/mol. The van der Waals surface area contributed by atoms with Gasteiger partial charge in [-0.2, -0.15) is 0 Å². The molecule has 0 amide bonds. The molecule has 0 bridgehead atoms. The van der Waals surface area contributed by atoms with Crippen molar-refractivity contribution in [1.29, 1.82) is 0 Å². The first-order valence-electron chi connectivity index (χ1n) is 5.43. The van der Waals surface area contributed by atoms with E-state index in [-0.39, 0.29) is 11.9 Å². The average molecular weight is 294 g/mol. The number of hydrogen-bond acceptors (Lipinski definition) is 1. The largest absolute Gasteiger partial charge is 0.379 e. The summed E-state index contributed by atoms with van der Waals surface area (Å²) >= 11 is 3.20. The number of hydrogen-bond donors (Lipinski definition) is 1. The van der Waals surface area contributed by atoms with Crippen LogP contribution in [0.4, 0.5) is 10.1 Å². The molecule has 2 aromatic carbocycles. The maximum absolute atomic E-state index is 13.1. The van der Waals surface area contributed by atoms with Crippen molar-refractivity contribution in [2.24, 2.45) is 0 Å². The summed E-state index contributed by atoms with van der Waals surface area (Å²) < 4.78 is 13.6. The maximum Gasteiger partial charge on any atom is 0.137 e. The third-order valence-electron chi connectivity index (χ3n) is 2.60. The topological polar surface area (TPSA) is 12.0 Å². The van der Waals surface area contributed by atoms with E-state index >= 15 is 0 Å². The number of rotatable bonds is 3. The van der Waals surface area contributed by atoms with Crippen molar-refractivity contribution < 1.29 is 4.39 Å². The summed E-state index contributed by atoms with van der Waals surface area (Å²) in [6.45, 7) is 2.05. The lowest BCUT2D eigenvalue weighted by molar-refractivity contribution is 0.619. The molecule has 3 heteroatoms. The van der Waals surface area contributed by atoms with Crippen LogP contribution in [0.5, 0.6) is 0 Å². The van der Waals surface area contributed by atoms with Gasteiger partial charge in [-0.3, -0.25) is 0 Å². The molecule has 0 aromatic heterocycles. The van der Waals surface area contributed by atoms with Gasteiger partial charge in [0.05, 0.1) is 4.47 Å². The molecule has 1 N–H and O–H groups in total. The Kier molecular flexibility index (Phi) is 3.79. The van der Waals surface area contributed by atoms with E-state index in [0.717, 1.165) is 11.3 Å². The summed E-state index contributed by atoms with van der Waals surface area (Å²) in [5.74, 6) is -0.235. The molecule has 0 aliphatic heterocycles. The van der Waals surface area contributed by atoms with Crippen LogP contribution < -0.4 is 5.32 Å². The lowest BCUT2D eigenvalue weighted by Gasteiger charge is -2.16. The van der Waals surface area contributed by atoms with Gasteiger partial charge in [-0.15, -0.1) is 0 Å². The van der Waals surface area contributed by atoms with Crippen LogP contribution in [0.25, 0.3) is 0 Å². The van der Waals surface area contributed by atoms with E-state index in [0.29, 0.717) is 4.47 Å².